The van der Waals surface area contributed by atoms with Crippen molar-refractivity contribution in [3.05, 3.63) is 102 Å². The van der Waals surface area contributed by atoms with Gasteiger partial charge in [0.05, 0.1) is 18.0 Å². The lowest BCUT2D eigenvalue weighted by atomic mass is 10.1. The Labute approximate surface area is 201 Å². The molecule has 34 heavy (non-hydrogen) atoms. The Morgan fingerprint density at radius 1 is 0.824 bits per heavy atom. The van der Waals surface area contributed by atoms with E-state index < -0.39 is 0 Å². The zero-order valence-corrected chi connectivity index (χ0v) is 19.6. The number of nitrogens with zero attached hydrogens (tertiary/aromatic N) is 4. The number of amides is 1. The largest absolute Gasteiger partial charge is 0.297 e. The van der Waals surface area contributed by atoms with E-state index in [-0.39, 0.29) is 5.91 Å². The molecule has 2 aliphatic heterocycles. The summed E-state index contributed by atoms with van der Waals surface area (Å²) in [7, 11) is 0. The average molecular weight is 451 g/mol. The van der Waals surface area contributed by atoms with E-state index >= 15 is 0 Å². The van der Waals surface area contributed by atoms with Crippen LogP contribution < -0.4 is 4.90 Å². The topological polar surface area (TPSA) is 39.2 Å². The molecule has 172 valence electrons. The van der Waals surface area contributed by atoms with Gasteiger partial charge in [-0.15, -0.1) is 0 Å². The van der Waals surface area contributed by atoms with Crippen molar-refractivity contribution >= 4 is 29.1 Å². The fourth-order valence-corrected chi connectivity index (χ4v) is 4.47. The molecule has 0 bridgehead atoms. The molecule has 1 amide bonds. The number of para-hydroxylation sites is 1. The number of benzene rings is 3. The van der Waals surface area contributed by atoms with Gasteiger partial charge in [-0.05, 0) is 30.7 Å². The van der Waals surface area contributed by atoms with Crippen LogP contribution in [-0.2, 0) is 4.79 Å². The summed E-state index contributed by atoms with van der Waals surface area (Å²) in [5.41, 5.74) is 5.62. The van der Waals surface area contributed by atoms with Gasteiger partial charge in [0.25, 0.3) is 5.91 Å². The molecular weight excluding hydrogens is 420 g/mol. The maximum atomic E-state index is 13.4. The van der Waals surface area contributed by atoms with E-state index in [1.54, 1.807) is 0 Å². The van der Waals surface area contributed by atoms with Gasteiger partial charge in [0.2, 0.25) is 0 Å². The Morgan fingerprint density at radius 2 is 1.50 bits per heavy atom. The van der Waals surface area contributed by atoms with E-state index in [1.165, 1.54) is 11.1 Å². The average Bonchev–Trinajstić information content (AvgIpc) is 3.13. The van der Waals surface area contributed by atoms with Crippen LogP contribution in [0.4, 0.5) is 11.4 Å². The Hall–Kier alpha value is -3.54. The summed E-state index contributed by atoms with van der Waals surface area (Å²) in [6.07, 6.45) is 4.42. The normalized spacial score (nSPS) is 18.2. The van der Waals surface area contributed by atoms with Gasteiger partial charge in [-0.3, -0.25) is 19.5 Å². The molecule has 0 unspecified atom stereocenters. The summed E-state index contributed by atoms with van der Waals surface area (Å²) in [5, 5.41) is 0. The maximum Gasteiger partial charge on any atom is 0.278 e. The van der Waals surface area contributed by atoms with Gasteiger partial charge >= 0.3 is 0 Å². The molecule has 5 nitrogen and oxygen atoms in total. The van der Waals surface area contributed by atoms with Gasteiger partial charge < -0.3 is 0 Å². The van der Waals surface area contributed by atoms with Crippen molar-refractivity contribution in [3.63, 3.8) is 0 Å². The van der Waals surface area contributed by atoms with E-state index in [0.29, 0.717) is 12.4 Å². The van der Waals surface area contributed by atoms with E-state index in [0.717, 1.165) is 49.7 Å². The van der Waals surface area contributed by atoms with Gasteiger partial charge in [-0.25, -0.2) is 4.99 Å². The van der Waals surface area contributed by atoms with Gasteiger partial charge in [-0.1, -0.05) is 78.4 Å². The predicted molar refractivity (Wildman–Crippen MR) is 140 cm³/mol. The Bertz CT molecular complexity index is 1190. The monoisotopic (exact) mass is 450 g/mol. The van der Waals surface area contributed by atoms with Crippen LogP contribution in [0, 0.1) is 6.92 Å². The molecule has 2 heterocycles. The van der Waals surface area contributed by atoms with Crippen molar-refractivity contribution in [1.29, 1.82) is 0 Å². The van der Waals surface area contributed by atoms with Crippen LogP contribution in [0.3, 0.4) is 0 Å². The number of anilines is 1. The predicted octanol–water partition coefficient (Wildman–Crippen LogP) is 4.75. The van der Waals surface area contributed by atoms with Gasteiger partial charge in [-0.2, -0.15) is 0 Å². The number of carbonyl (C=O) groups excluding carboxylic acids is 1. The molecule has 3 aromatic rings. The molecule has 5 heteroatoms. The molecule has 0 saturated carbocycles. The number of carbonyl (C=O) groups is 1. The second kappa shape index (κ2) is 10.2. The molecular formula is C29H30N4O. The first-order valence-electron chi connectivity index (χ1n) is 11.9. The summed E-state index contributed by atoms with van der Waals surface area (Å²) >= 11 is 0. The molecule has 0 N–H and O–H groups in total. The molecule has 2 aliphatic rings. The third-order valence-electron chi connectivity index (χ3n) is 6.45. The molecule has 0 spiro atoms. The fourth-order valence-electron chi connectivity index (χ4n) is 4.47. The van der Waals surface area contributed by atoms with E-state index in [9.17, 15) is 4.79 Å². The van der Waals surface area contributed by atoms with Crippen LogP contribution >= 0.6 is 0 Å². The lowest BCUT2D eigenvalue weighted by Crippen LogP contribution is -2.51. The summed E-state index contributed by atoms with van der Waals surface area (Å²) in [5.74, 6) is -0.0185. The Kier molecular flexibility index (Phi) is 6.65. The quantitative estimate of drug-likeness (QED) is 0.544. The van der Waals surface area contributed by atoms with E-state index in [2.05, 4.69) is 46.2 Å². The maximum absolute atomic E-state index is 13.4. The number of hydrogen-bond donors (Lipinski definition) is 0. The van der Waals surface area contributed by atoms with E-state index in [1.807, 2.05) is 66.4 Å². The first-order chi connectivity index (χ1) is 16.7. The third-order valence-corrected chi connectivity index (χ3v) is 6.45. The number of hydrogen-bond acceptors (Lipinski definition) is 4. The number of aryl methyl sites for hydroxylation is 1. The minimum absolute atomic E-state index is 0.0185. The number of aliphatic imine (C=N–C) groups is 1. The Morgan fingerprint density at radius 3 is 2.26 bits per heavy atom. The fraction of sp³-hybridized carbons (Fsp3) is 0.241. The lowest BCUT2D eigenvalue weighted by molar-refractivity contribution is -0.112. The van der Waals surface area contributed by atoms with Crippen LogP contribution in [0.5, 0.6) is 0 Å². The minimum atomic E-state index is -0.0185. The second-order valence-corrected chi connectivity index (χ2v) is 8.92. The lowest BCUT2D eigenvalue weighted by Gasteiger charge is -2.36. The molecule has 3 aromatic carbocycles. The summed E-state index contributed by atoms with van der Waals surface area (Å²) in [6, 6.07) is 26.4. The second-order valence-electron chi connectivity index (χ2n) is 8.92. The van der Waals surface area contributed by atoms with Crippen molar-refractivity contribution < 1.29 is 4.79 Å². The highest BCUT2D eigenvalue weighted by Gasteiger charge is 2.35. The number of piperazine rings is 1. The highest BCUT2D eigenvalue weighted by Crippen LogP contribution is 2.31. The van der Waals surface area contributed by atoms with Gasteiger partial charge in [0.1, 0.15) is 5.71 Å². The van der Waals surface area contributed by atoms with Crippen LogP contribution in [0.15, 0.2) is 89.9 Å². The molecule has 0 aromatic heterocycles. The van der Waals surface area contributed by atoms with Crippen molar-refractivity contribution in [1.82, 2.24) is 9.80 Å². The third kappa shape index (κ3) is 5.01. The number of rotatable bonds is 6. The molecule has 1 saturated heterocycles. The summed E-state index contributed by atoms with van der Waals surface area (Å²) in [6.45, 7) is 7.46. The SMILES string of the molecule is Cc1ccc(N=C2C(=O)N(CN3CCN(CC=Cc4ccccc4)CC3)c3ccccc32)cc1. The molecule has 0 aliphatic carbocycles. The van der Waals surface area contributed by atoms with Crippen molar-refractivity contribution in [2.45, 2.75) is 6.92 Å². The molecule has 1 fully saturated rings. The van der Waals surface area contributed by atoms with Crippen molar-refractivity contribution in [2.24, 2.45) is 4.99 Å². The van der Waals surface area contributed by atoms with Crippen molar-refractivity contribution in [2.75, 3.05) is 44.3 Å². The van der Waals surface area contributed by atoms with Crippen LogP contribution in [0.25, 0.3) is 6.08 Å². The highest BCUT2D eigenvalue weighted by atomic mass is 16.2. The Balaban J connectivity index is 1.22. The number of fused-ring (bicyclic) bond motifs is 1. The summed E-state index contributed by atoms with van der Waals surface area (Å²) < 4.78 is 0. The highest BCUT2D eigenvalue weighted by molar-refractivity contribution is 6.54. The van der Waals surface area contributed by atoms with Gasteiger partial charge in [0.15, 0.2) is 0 Å². The van der Waals surface area contributed by atoms with Gasteiger partial charge in [0, 0.05) is 38.3 Å². The first-order valence-corrected chi connectivity index (χ1v) is 11.9. The van der Waals surface area contributed by atoms with Crippen LogP contribution in [-0.4, -0.2) is 60.8 Å². The molecule has 0 atom stereocenters. The minimum Gasteiger partial charge on any atom is -0.297 e. The smallest absolute Gasteiger partial charge is 0.278 e. The van der Waals surface area contributed by atoms with Crippen molar-refractivity contribution in [3.8, 4) is 0 Å². The first kappa shape index (κ1) is 22.3. The van der Waals surface area contributed by atoms with E-state index in [4.69, 9.17) is 4.99 Å². The molecule has 5 rings (SSSR count). The molecule has 0 radical (unpaired) electrons. The van der Waals surface area contributed by atoms with Crippen LogP contribution in [0.1, 0.15) is 16.7 Å². The standard InChI is InChI=1S/C29H30N4O/c1-23-13-15-25(16-14-23)30-28-26-11-5-6-12-27(26)33(29(28)34)22-32-20-18-31(19-21-32)17-7-10-24-8-3-2-4-9-24/h2-16H,17-22H2,1H3. The van der Waals surface area contributed by atoms with Crippen LogP contribution in [0.2, 0.25) is 0 Å². The zero-order valence-electron chi connectivity index (χ0n) is 19.6. The zero-order chi connectivity index (χ0) is 23.3. The summed E-state index contributed by atoms with van der Waals surface area (Å²) in [4.78, 5) is 24.8.